The molecule has 0 N–H and O–H groups in total. The Kier molecular flexibility index (Phi) is 6.01. The van der Waals surface area contributed by atoms with Gasteiger partial charge in [-0.3, -0.25) is 0 Å². The molecule has 0 aliphatic rings. The Bertz CT molecular complexity index is 720. The van der Waals surface area contributed by atoms with Crippen molar-refractivity contribution in [2.45, 2.75) is 4.21 Å². The van der Waals surface area contributed by atoms with Gasteiger partial charge in [-0.15, -0.1) is 29.7 Å². The highest BCUT2D eigenvalue weighted by atomic mass is 32.2. The molecule has 2 aromatic rings. The maximum atomic E-state index is 12.3. The van der Waals surface area contributed by atoms with Gasteiger partial charge < -0.3 is 9.47 Å². The molecule has 0 saturated carbocycles. The monoisotopic (exact) mass is 348 g/mol. The lowest BCUT2D eigenvalue weighted by Gasteiger charge is -2.05. The number of benzene rings is 1. The Balaban J connectivity index is 2.70. The molecule has 2 rings (SSSR count). The first kappa shape index (κ1) is 17.3. The van der Waals surface area contributed by atoms with Gasteiger partial charge in [-0.25, -0.2) is 9.59 Å². The normalized spacial score (nSPS) is 10.2. The minimum Gasteiger partial charge on any atom is -0.465 e. The highest BCUT2D eigenvalue weighted by molar-refractivity contribution is 8.01. The summed E-state index contributed by atoms with van der Waals surface area (Å²) in [5, 5.41) is 0. The molecule has 1 aromatic heterocycles. The summed E-state index contributed by atoms with van der Waals surface area (Å²) in [6.07, 6.45) is 1.74. The summed E-state index contributed by atoms with van der Waals surface area (Å²) in [7, 11) is 2.59. The number of rotatable bonds is 6. The third-order valence-electron chi connectivity index (χ3n) is 3.02. The molecule has 120 valence electrons. The van der Waals surface area contributed by atoms with Crippen molar-refractivity contribution in [1.29, 1.82) is 0 Å². The van der Waals surface area contributed by atoms with Crippen LogP contribution in [0.1, 0.15) is 20.7 Å². The number of carbonyl (C=O) groups excluding carboxylic acids is 2. The molecule has 0 saturated heterocycles. The Labute approximate surface area is 143 Å². The van der Waals surface area contributed by atoms with Gasteiger partial charge in [-0.1, -0.05) is 36.4 Å². The summed E-state index contributed by atoms with van der Waals surface area (Å²) in [6, 6.07) is 9.43. The van der Waals surface area contributed by atoms with E-state index in [0.29, 0.717) is 10.6 Å². The van der Waals surface area contributed by atoms with Crippen LogP contribution in [0.15, 0.2) is 47.2 Å². The van der Waals surface area contributed by atoms with Gasteiger partial charge in [0.1, 0.15) is 0 Å². The zero-order valence-electron chi connectivity index (χ0n) is 12.8. The van der Waals surface area contributed by atoms with Crippen molar-refractivity contribution in [1.82, 2.24) is 0 Å². The lowest BCUT2D eigenvalue weighted by Crippen LogP contribution is -2.11. The highest BCUT2D eigenvalue weighted by Gasteiger charge is 2.30. The number of thiophene rings is 1. The molecule has 0 aliphatic heterocycles. The van der Waals surface area contributed by atoms with Crippen molar-refractivity contribution in [3.63, 3.8) is 0 Å². The molecule has 1 aromatic carbocycles. The first-order chi connectivity index (χ1) is 11.1. The second-order valence-corrected chi connectivity index (χ2v) is 6.73. The van der Waals surface area contributed by atoms with Crippen molar-refractivity contribution in [2.75, 3.05) is 20.0 Å². The maximum Gasteiger partial charge on any atom is 0.340 e. The first-order valence-corrected chi connectivity index (χ1v) is 8.56. The molecule has 0 radical (unpaired) electrons. The number of carbonyl (C=O) groups is 2. The van der Waals surface area contributed by atoms with Gasteiger partial charge in [0.25, 0.3) is 0 Å². The fourth-order valence-corrected chi connectivity index (χ4v) is 4.33. The van der Waals surface area contributed by atoms with Gasteiger partial charge in [0, 0.05) is 5.75 Å². The van der Waals surface area contributed by atoms with Crippen LogP contribution in [0.4, 0.5) is 0 Å². The van der Waals surface area contributed by atoms with E-state index in [-0.39, 0.29) is 11.1 Å². The third kappa shape index (κ3) is 3.65. The quantitative estimate of drug-likeness (QED) is 0.443. The number of hydrogen-bond acceptors (Lipinski definition) is 6. The van der Waals surface area contributed by atoms with E-state index in [0.717, 1.165) is 9.77 Å². The number of ether oxygens (including phenoxy) is 2. The average Bonchev–Trinajstić information content (AvgIpc) is 2.98. The Morgan fingerprint density at radius 3 is 2.30 bits per heavy atom. The van der Waals surface area contributed by atoms with E-state index in [1.54, 1.807) is 6.08 Å². The maximum absolute atomic E-state index is 12.3. The van der Waals surface area contributed by atoms with E-state index >= 15 is 0 Å². The van der Waals surface area contributed by atoms with Crippen molar-refractivity contribution in [2.24, 2.45) is 0 Å². The fraction of sp³-hybridized carbons (Fsp3) is 0.176. The standard InChI is InChI=1S/C17H16O4S2/c1-4-10-22-17-13(16(19)21-3)12(15(18)20-2)14(23-17)11-8-6-5-7-9-11/h4-9H,1,10H2,2-3H3. The van der Waals surface area contributed by atoms with Crippen molar-refractivity contribution >= 4 is 35.0 Å². The van der Waals surface area contributed by atoms with Gasteiger partial charge in [0.15, 0.2) is 0 Å². The molecule has 0 fully saturated rings. The van der Waals surface area contributed by atoms with Crippen LogP contribution >= 0.6 is 23.1 Å². The van der Waals surface area contributed by atoms with Crippen molar-refractivity contribution in [3.8, 4) is 10.4 Å². The predicted octanol–water partition coefficient (Wildman–Crippen LogP) is 4.27. The van der Waals surface area contributed by atoms with Crippen LogP contribution in [-0.4, -0.2) is 31.9 Å². The van der Waals surface area contributed by atoms with Crippen molar-refractivity contribution in [3.05, 3.63) is 54.1 Å². The van der Waals surface area contributed by atoms with E-state index in [4.69, 9.17) is 9.47 Å². The molecule has 6 heteroatoms. The van der Waals surface area contributed by atoms with Crippen LogP contribution in [0.3, 0.4) is 0 Å². The lowest BCUT2D eigenvalue weighted by atomic mass is 10.1. The summed E-state index contributed by atoms with van der Waals surface area (Å²) in [5.74, 6) is -0.472. The summed E-state index contributed by atoms with van der Waals surface area (Å²) in [6.45, 7) is 3.69. The van der Waals surface area contributed by atoms with Crippen LogP contribution in [-0.2, 0) is 9.47 Å². The average molecular weight is 348 g/mol. The van der Waals surface area contributed by atoms with Crippen LogP contribution in [0.25, 0.3) is 10.4 Å². The van der Waals surface area contributed by atoms with E-state index in [1.165, 1.54) is 37.3 Å². The van der Waals surface area contributed by atoms with E-state index < -0.39 is 11.9 Å². The molecular formula is C17H16O4S2. The number of thioether (sulfide) groups is 1. The molecular weight excluding hydrogens is 332 g/mol. The second-order valence-electron chi connectivity index (χ2n) is 4.42. The number of methoxy groups -OCH3 is 2. The molecule has 4 nitrogen and oxygen atoms in total. The van der Waals surface area contributed by atoms with Gasteiger partial charge in [0.05, 0.1) is 34.4 Å². The molecule has 1 heterocycles. The van der Waals surface area contributed by atoms with Gasteiger partial charge in [-0.05, 0) is 5.56 Å². The summed E-state index contributed by atoms with van der Waals surface area (Å²) in [5.41, 5.74) is 1.37. The minimum absolute atomic E-state index is 0.252. The molecule has 0 amide bonds. The molecule has 0 bridgehead atoms. The predicted molar refractivity (Wildman–Crippen MR) is 93.4 cm³/mol. The Morgan fingerprint density at radius 2 is 1.74 bits per heavy atom. The van der Waals surface area contributed by atoms with Crippen LogP contribution in [0.2, 0.25) is 0 Å². The zero-order valence-corrected chi connectivity index (χ0v) is 14.5. The Hall–Kier alpha value is -2.05. The SMILES string of the molecule is C=CCSc1sc(-c2ccccc2)c(C(=O)OC)c1C(=O)OC. The molecule has 23 heavy (non-hydrogen) atoms. The van der Waals surface area contributed by atoms with Gasteiger partial charge in [0.2, 0.25) is 0 Å². The largest absolute Gasteiger partial charge is 0.465 e. The summed E-state index contributed by atoms with van der Waals surface area (Å²) in [4.78, 5) is 25.2. The third-order valence-corrected chi connectivity index (χ3v) is 5.53. The lowest BCUT2D eigenvalue weighted by molar-refractivity contribution is 0.0554. The summed E-state index contributed by atoms with van der Waals surface area (Å²) >= 11 is 2.82. The highest BCUT2D eigenvalue weighted by Crippen LogP contribution is 2.42. The molecule has 0 aliphatic carbocycles. The van der Waals surface area contributed by atoms with E-state index in [9.17, 15) is 9.59 Å². The molecule has 0 spiro atoms. The number of esters is 2. The fourth-order valence-electron chi connectivity index (χ4n) is 2.02. The molecule has 0 unspecified atom stereocenters. The van der Waals surface area contributed by atoms with Gasteiger partial charge in [-0.2, -0.15) is 0 Å². The van der Waals surface area contributed by atoms with Crippen LogP contribution in [0.5, 0.6) is 0 Å². The van der Waals surface area contributed by atoms with E-state index in [2.05, 4.69) is 6.58 Å². The van der Waals surface area contributed by atoms with E-state index in [1.807, 2.05) is 30.3 Å². The zero-order chi connectivity index (χ0) is 16.8. The summed E-state index contributed by atoms with van der Waals surface area (Å²) < 4.78 is 10.5. The Morgan fingerprint density at radius 1 is 1.13 bits per heavy atom. The topological polar surface area (TPSA) is 52.6 Å². The first-order valence-electron chi connectivity index (χ1n) is 6.76. The van der Waals surface area contributed by atoms with Gasteiger partial charge >= 0.3 is 11.9 Å². The van der Waals surface area contributed by atoms with Crippen LogP contribution in [0, 0.1) is 0 Å². The van der Waals surface area contributed by atoms with Crippen molar-refractivity contribution < 1.29 is 19.1 Å². The number of hydrogen-bond donors (Lipinski definition) is 0. The molecule has 0 atom stereocenters. The second kappa shape index (κ2) is 7.99. The van der Waals surface area contributed by atoms with Crippen LogP contribution < -0.4 is 0 Å². The minimum atomic E-state index is -0.550. The smallest absolute Gasteiger partial charge is 0.340 e.